The van der Waals surface area contributed by atoms with Crippen molar-refractivity contribution in [1.29, 1.82) is 0 Å². The minimum atomic E-state index is -0.946. The molecule has 0 unspecified atom stereocenters. The van der Waals surface area contributed by atoms with Crippen molar-refractivity contribution in [3.63, 3.8) is 0 Å². The number of nitrogens with one attached hydrogen (secondary N) is 1. The molecule has 0 bridgehead atoms. The fourth-order valence-corrected chi connectivity index (χ4v) is 2.49. The Morgan fingerprint density at radius 1 is 0.955 bits per heavy atom. The van der Waals surface area contributed by atoms with E-state index in [-0.39, 0.29) is 11.4 Å². The Hall–Kier alpha value is -2.02. The molecule has 0 aromatic heterocycles. The highest BCUT2D eigenvalue weighted by Crippen LogP contribution is 2.17. The van der Waals surface area contributed by atoms with Gasteiger partial charge in [0.05, 0.1) is 5.75 Å². The van der Waals surface area contributed by atoms with Crippen LogP contribution in [-0.4, -0.2) is 11.7 Å². The maximum absolute atomic E-state index is 13.0. The fourth-order valence-electron chi connectivity index (χ4n) is 1.71. The minimum Gasteiger partial charge on any atom is -0.325 e. The molecule has 0 atom stereocenters. The van der Waals surface area contributed by atoms with Crippen LogP contribution in [0.25, 0.3) is 0 Å². The lowest BCUT2D eigenvalue weighted by molar-refractivity contribution is -0.113. The van der Waals surface area contributed by atoms with Gasteiger partial charge in [0, 0.05) is 17.5 Å². The van der Waals surface area contributed by atoms with E-state index in [2.05, 4.69) is 5.32 Å². The van der Waals surface area contributed by atoms with Gasteiger partial charge in [0.15, 0.2) is 11.6 Å². The van der Waals surface area contributed by atoms with Gasteiger partial charge in [0.2, 0.25) is 5.91 Å². The standard InChI is InChI=1S/C15H11F4NOS/c16-10-4-11(17)6-12(5-10)20-15(21)8-22-7-9-1-2-13(18)14(19)3-9/h1-6H,7-8H2,(H,20,21). The second kappa shape index (κ2) is 7.31. The smallest absolute Gasteiger partial charge is 0.234 e. The predicted octanol–water partition coefficient (Wildman–Crippen LogP) is 4.11. The van der Waals surface area contributed by atoms with Crippen molar-refractivity contribution in [1.82, 2.24) is 0 Å². The van der Waals surface area contributed by atoms with Crippen LogP contribution >= 0.6 is 11.8 Å². The van der Waals surface area contributed by atoms with E-state index in [0.717, 1.165) is 24.3 Å². The first-order valence-electron chi connectivity index (χ1n) is 6.21. The molecule has 0 aliphatic carbocycles. The van der Waals surface area contributed by atoms with Gasteiger partial charge in [-0.2, -0.15) is 0 Å². The minimum absolute atomic E-state index is 0.0110. The summed E-state index contributed by atoms with van der Waals surface area (Å²) in [4.78, 5) is 11.6. The van der Waals surface area contributed by atoms with Crippen molar-refractivity contribution < 1.29 is 22.4 Å². The molecule has 2 aromatic carbocycles. The lowest BCUT2D eigenvalue weighted by atomic mass is 10.2. The summed E-state index contributed by atoms with van der Waals surface area (Å²) >= 11 is 1.17. The number of halogens is 4. The molecule has 0 fully saturated rings. The Balaban J connectivity index is 1.83. The topological polar surface area (TPSA) is 29.1 Å². The molecule has 2 aromatic rings. The normalized spacial score (nSPS) is 10.5. The maximum Gasteiger partial charge on any atom is 0.234 e. The molecule has 0 spiro atoms. The highest BCUT2D eigenvalue weighted by molar-refractivity contribution is 7.99. The average Bonchev–Trinajstić information content (AvgIpc) is 2.41. The van der Waals surface area contributed by atoms with Gasteiger partial charge in [-0.05, 0) is 29.8 Å². The van der Waals surface area contributed by atoms with Crippen molar-refractivity contribution in [2.75, 3.05) is 11.1 Å². The summed E-state index contributed by atoms with van der Waals surface area (Å²) in [7, 11) is 0. The van der Waals surface area contributed by atoms with E-state index < -0.39 is 29.2 Å². The second-order valence-corrected chi connectivity index (χ2v) is 5.43. The molecule has 116 valence electrons. The lowest BCUT2D eigenvalue weighted by Gasteiger charge is -2.06. The predicted molar refractivity (Wildman–Crippen MR) is 77.5 cm³/mol. The van der Waals surface area contributed by atoms with Crippen LogP contribution in [0.15, 0.2) is 36.4 Å². The molecule has 0 heterocycles. The van der Waals surface area contributed by atoms with Gasteiger partial charge >= 0.3 is 0 Å². The van der Waals surface area contributed by atoms with Crippen molar-refractivity contribution >= 4 is 23.4 Å². The largest absolute Gasteiger partial charge is 0.325 e. The molecule has 0 saturated carbocycles. The third-order valence-electron chi connectivity index (χ3n) is 2.63. The van der Waals surface area contributed by atoms with Crippen molar-refractivity contribution in [2.24, 2.45) is 0 Å². The monoisotopic (exact) mass is 329 g/mol. The zero-order valence-corrected chi connectivity index (χ0v) is 12.0. The Labute approximate surface area is 128 Å². The quantitative estimate of drug-likeness (QED) is 0.836. The molecule has 22 heavy (non-hydrogen) atoms. The molecule has 2 nitrogen and oxygen atoms in total. The van der Waals surface area contributed by atoms with E-state index in [1.54, 1.807) is 0 Å². The van der Waals surface area contributed by atoms with E-state index >= 15 is 0 Å². The third-order valence-corrected chi connectivity index (χ3v) is 3.64. The van der Waals surface area contributed by atoms with Crippen molar-refractivity contribution in [3.8, 4) is 0 Å². The van der Waals surface area contributed by atoms with Gasteiger partial charge in [0.1, 0.15) is 11.6 Å². The maximum atomic E-state index is 13.0. The van der Waals surface area contributed by atoms with Crippen LogP contribution in [0, 0.1) is 23.3 Å². The number of benzene rings is 2. The first-order valence-corrected chi connectivity index (χ1v) is 7.37. The number of anilines is 1. The Bertz CT molecular complexity index is 673. The Morgan fingerprint density at radius 3 is 2.27 bits per heavy atom. The number of carbonyl (C=O) groups excluding carboxylic acids is 1. The molecule has 0 radical (unpaired) electrons. The van der Waals surface area contributed by atoms with E-state index in [1.807, 2.05) is 0 Å². The lowest BCUT2D eigenvalue weighted by Crippen LogP contribution is -2.14. The summed E-state index contributed by atoms with van der Waals surface area (Å²) in [5.41, 5.74) is 0.560. The van der Waals surface area contributed by atoms with Crippen molar-refractivity contribution in [3.05, 3.63) is 65.2 Å². The van der Waals surface area contributed by atoms with Gasteiger partial charge < -0.3 is 5.32 Å². The highest BCUT2D eigenvalue weighted by Gasteiger charge is 2.07. The number of hydrogen-bond acceptors (Lipinski definition) is 2. The van der Waals surface area contributed by atoms with E-state index in [9.17, 15) is 22.4 Å². The summed E-state index contributed by atoms with van der Waals surface area (Å²) < 4.78 is 51.7. The highest BCUT2D eigenvalue weighted by atomic mass is 32.2. The number of hydrogen-bond donors (Lipinski definition) is 1. The molecule has 1 amide bonds. The third kappa shape index (κ3) is 4.77. The molecule has 0 aliphatic rings. The molecule has 1 N–H and O–H groups in total. The van der Waals surface area contributed by atoms with Crippen LogP contribution < -0.4 is 5.32 Å². The first-order chi connectivity index (χ1) is 10.4. The van der Waals surface area contributed by atoms with Crippen LogP contribution in [0.2, 0.25) is 0 Å². The molecule has 2 rings (SSSR count). The number of rotatable bonds is 5. The second-order valence-electron chi connectivity index (χ2n) is 4.45. The molecule has 7 heteroatoms. The summed E-state index contributed by atoms with van der Waals surface area (Å²) in [5.74, 6) is -3.58. The Morgan fingerprint density at radius 2 is 1.64 bits per heavy atom. The van der Waals surface area contributed by atoms with Crippen LogP contribution in [-0.2, 0) is 10.5 Å². The fraction of sp³-hybridized carbons (Fsp3) is 0.133. The summed E-state index contributed by atoms with van der Waals surface area (Å²) in [6.07, 6.45) is 0. The van der Waals surface area contributed by atoms with Gasteiger partial charge in [-0.25, -0.2) is 17.6 Å². The summed E-state index contributed by atoms with van der Waals surface area (Å²) in [5, 5.41) is 2.36. The van der Waals surface area contributed by atoms with E-state index in [0.29, 0.717) is 17.4 Å². The van der Waals surface area contributed by atoms with E-state index in [4.69, 9.17) is 0 Å². The summed E-state index contributed by atoms with van der Waals surface area (Å²) in [6.45, 7) is 0. The van der Waals surface area contributed by atoms with Crippen molar-refractivity contribution in [2.45, 2.75) is 5.75 Å². The van der Waals surface area contributed by atoms with Crippen LogP contribution in [0.1, 0.15) is 5.56 Å². The van der Waals surface area contributed by atoms with Crippen LogP contribution in [0.3, 0.4) is 0 Å². The van der Waals surface area contributed by atoms with Gasteiger partial charge in [0.25, 0.3) is 0 Å². The van der Waals surface area contributed by atoms with E-state index in [1.165, 1.54) is 17.8 Å². The zero-order chi connectivity index (χ0) is 16.1. The molecule has 0 aliphatic heterocycles. The Kier molecular flexibility index (Phi) is 5.43. The van der Waals surface area contributed by atoms with Gasteiger partial charge in [-0.1, -0.05) is 6.07 Å². The van der Waals surface area contributed by atoms with Gasteiger partial charge in [-0.3, -0.25) is 4.79 Å². The number of thioether (sulfide) groups is 1. The number of amides is 1. The molecule has 0 saturated heterocycles. The first kappa shape index (κ1) is 16.4. The van der Waals surface area contributed by atoms with Crippen LogP contribution in [0.5, 0.6) is 0 Å². The zero-order valence-electron chi connectivity index (χ0n) is 11.2. The van der Waals surface area contributed by atoms with Gasteiger partial charge in [-0.15, -0.1) is 11.8 Å². The summed E-state index contributed by atoms with van der Waals surface area (Å²) in [6, 6.07) is 6.20. The molecular formula is C15H11F4NOS. The average molecular weight is 329 g/mol. The number of carbonyl (C=O) groups is 1. The molecular weight excluding hydrogens is 318 g/mol. The SMILES string of the molecule is O=C(CSCc1ccc(F)c(F)c1)Nc1cc(F)cc(F)c1. The van der Waals surface area contributed by atoms with Crippen LogP contribution in [0.4, 0.5) is 23.2 Å².